The van der Waals surface area contributed by atoms with E-state index in [1.807, 2.05) is 43.9 Å². The van der Waals surface area contributed by atoms with Crippen molar-refractivity contribution in [2.75, 3.05) is 18.4 Å². The Bertz CT molecular complexity index is 1510. The molecule has 1 fully saturated rings. The first-order valence-electron chi connectivity index (χ1n) is 14.5. The average molecular weight is 576 g/mol. The molecule has 2 N–H and O–H groups in total. The molecule has 2 aliphatic heterocycles. The number of anilines is 1. The van der Waals surface area contributed by atoms with E-state index in [4.69, 9.17) is 4.74 Å². The lowest BCUT2D eigenvalue weighted by Crippen LogP contribution is -2.42. The largest absolute Gasteiger partial charge is 0.487 e. The van der Waals surface area contributed by atoms with E-state index in [0.29, 0.717) is 36.4 Å². The molecule has 3 aromatic rings. The van der Waals surface area contributed by atoms with Gasteiger partial charge in [-0.3, -0.25) is 4.79 Å². The van der Waals surface area contributed by atoms with E-state index in [-0.39, 0.29) is 16.8 Å². The number of aryl methyl sites for hydroxylation is 3. The van der Waals surface area contributed by atoms with Gasteiger partial charge >= 0.3 is 0 Å². The van der Waals surface area contributed by atoms with Crippen LogP contribution < -0.4 is 14.8 Å². The Hall–Kier alpha value is -3.36. The second-order valence-electron chi connectivity index (χ2n) is 11.9. The summed E-state index contributed by atoms with van der Waals surface area (Å²) in [7, 11) is -3.79. The van der Waals surface area contributed by atoms with Crippen molar-refractivity contribution in [2.45, 2.75) is 82.9 Å². The molecule has 0 saturated carbocycles. The van der Waals surface area contributed by atoms with Crippen LogP contribution in [0.15, 0.2) is 65.6 Å². The fourth-order valence-electron chi connectivity index (χ4n) is 6.05. The lowest BCUT2D eigenvalue weighted by atomic mass is 9.89. The van der Waals surface area contributed by atoms with Crippen LogP contribution in [0.25, 0.3) is 0 Å². The monoisotopic (exact) mass is 575 g/mol. The van der Waals surface area contributed by atoms with Crippen molar-refractivity contribution >= 4 is 21.6 Å². The molecule has 2 aliphatic rings. The molecule has 3 aromatic carbocycles. The summed E-state index contributed by atoms with van der Waals surface area (Å²) in [5.74, 6) is 0.557. The second-order valence-corrected chi connectivity index (χ2v) is 13.6. The molecule has 0 unspecified atom stereocenters. The van der Waals surface area contributed by atoms with Crippen LogP contribution in [0.2, 0.25) is 0 Å². The van der Waals surface area contributed by atoms with E-state index < -0.39 is 21.7 Å². The highest BCUT2D eigenvalue weighted by Gasteiger charge is 2.37. The molecule has 2 atom stereocenters. The minimum atomic E-state index is -3.79. The van der Waals surface area contributed by atoms with E-state index in [1.54, 1.807) is 24.3 Å². The van der Waals surface area contributed by atoms with E-state index in [0.717, 1.165) is 30.5 Å². The van der Waals surface area contributed by atoms with Gasteiger partial charge in [-0.2, -0.15) is 0 Å². The number of carbonyl (C=O) groups excluding carboxylic acids is 1. The van der Waals surface area contributed by atoms with Gasteiger partial charge in [0.05, 0.1) is 10.9 Å². The van der Waals surface area contributed by atoms with Crippen LogP contribution in [0.1, 0.15) is 78.7 Å². The number of ether oxygens (including phenoxy) is 1. The fourth-order valence-corrected chi connectivity index (χ4v) is 7.26. The Morgan fingerprint density at radius 2 is 1.76 bits per heavy atom. The number of sulfonamides is 1. The molecular formula is C33H41N3O4S. The van der Waals surface area contributed by atoms with Gasteiger partial charge in [0, 0.05) is 42.4 Å². The van der Waals surface area contributed by atoms with Gasteiger partial charge in [0.25, 0.3) is 5.91 Å². The molecule has 41 heavy (non-hydrogen) atoms. The number of rotatable bonds is 8. The summed E-state index contributed by atoms with van der Waals surface area (Å²) in [6, 6.07) is 18.2. The van der Waals surface area contributed by atoms with Gasteiger partial charge < -0.3 is 15.0 Å². The zero-order valence-electron chi connectivity index (χ0n) is 24.7. The maximum Gasteiger partial charge on any atom is 0.254 e. The molecule has 0 bridgehead atoms. The standard InChI is InChI=1S/C33H41N3O4S/c1-6-24-12-15-27(16-13-24)41(38,39)35-29-20-33(4,5)40-30-17-14-25(19-28(29)30)32(37)36-18-8-11-26(36)21-34-31-22(2)9-7-10-23(31)3/h7,9-10,12-17,19,26,29,34-35H,6,8,11,18,20-21H2,1-5H3/t26-,29-/m0/s1. The van der Waals surface area contributed by atoms with E-state index in [2.05, 4.69) is 42.1 Å². The predicted octanol–water partition coefficient (Wildman–Crippen LogP) is 6.16. The topological polar surface area (TPSA) is 87.7 Å². The van der Waals surface area contributed by atoms with Gasteiger partial charge in [-0.1, -0.05) is 37.3 Å². The number of para-hydroxylation sites is 1. The predicted molar refractivity (Wildman–Crippen MR) is 163 cm³/mol. The first-order valence-corrected chi connectivity index (χ1v) is 16.0. The Balaban J connectivity index is 1.38. The Labute approximate surface area is 244 Å². The summed E-state index contributed by atoms with van der Waals surface area (Å²) in [6.45, 7) is 11.5. The summed E-state index contributed by atoms with van der Waals surface area (Å²) in [4.78, 5) is 16.0. The first kappa shape index (κ1) is 29.1. The highest BCUT2D eigenvalue weighted by molar-refractivity contribution is 7.89. The molecule has 0 spiro atoms. The smallest absolute Gasteiger partial charge is 0.254 e. The normalized spacial score (nSPS) is 19.9. The van der Waals surface area contributed by atoms with Gasteiger partial charge in [-0.05, 0) is 94.0 Å². The zero-order valence-corrected chi connectivity index (χ0v) is 25.5. The zero-order chi connectivity index (χ0) is 29.4. The number of benzene rings is 3. The van der Waals surface area contributed by atoms with Gasteiger partial charge in [0.2, 0.25) is 10.0 Å². The van der Waals surface area contributed by atoms with Gasteiger partial charge in [-0.15, -0.1) is 0 Å². The van der Waals surface area contributed by atoms with Crippen LogP contribution >= 0.6 is 0 Å². The highest BCUT2D eigenvalue weighted by atomic mass is 32.2. The van der Waals surface area contributed by atoms with Gasteiger partial charge in [-0.25, -0.2) is 13.1 Å². The molecule has 1 amide bonds. The third-order valence-corrected chi connectivity index (χ3v) is 9.77. The fraction of sp³-hybridized carbons (Fsp3) is 0.424. The molecule has 0 radical (unpaired) electrons. The SMILES string of the molecule is CCc1ccc(S(=O)(=O)N[C@H]2CC(C)(C)Oc3ccc(C(=O)N4CCC[C@H]4CNc4c(C)cccc4C)cc32)cc1. The molecule has 0 aliphatic carbocycles. The minimum Gasteiger partial charge on any atom is -0.487 e. The number of carbonyl (C=O) groups is 1. The van der Waals surface area contributed by atoms with Crippen molar-refractivity contribution in [1.29, 1.82) is 0 Å². The summed E-state index contributed by atoms with van der Waals surface area (Å²) in [5, 5.41) is 3.58. The van der Waals surface area contributed by atoms with Crippen molar-refractivity contribution in [3.63, 3.8) is 0 Å². The number of hydrogen-bond acceptors (Lipinski definition) is 5. The van der Waals surface area contributed by atoms with Crippen LogP contribution in [0.3, 0.4) is 0 Å². The molecule has 7 nitrogen and oxygen atoms in total. The average Bonchev–Trinajstić information content (AvgIpc) is 3.40. The number of nitrogens with one attached hydrogen (secondary N) is 2. The third-order valence-electron chi connectivity index (χ3n) is 8.29. The second kappa shape index (κ2) is 11.5. The highest BCUT2D eigenvalue weighted by Crippen LogP contribution is 2.41. The molecule has 218 valence electrons. The molecule has 1 saturated heterocycles. The van der Waals surface area contributed by atoms with Gasteiger partial charge in [0.15, 0.2) is 0 Å². The summed E-state index contributed by atoms with van der Waals surface area (Å²) >= 11 is 0. The first-order chi connectivity index (χ1) is 19.5. The molecule has 8 heteroatoms. The number of amides is 1. The lowest BCUT2D eigenvalue weighted by molar-refractivity contribution is 0.0696. The number of likely N-dealkylation sites (tertiary alicyclic amines) is 1. The number of hydrogen-bond donors (Lipinski definition) is 2. The summed E-state index contributed by atoms with van der Waals surface area (Å²) < 4.78 is 35.9. The quantitative estimate of drug-likeness (QED) is 0.336. The van der Waals surface area contributed by atoms with E-state index >= 15 is 0 Å². The Morgan fingerprint density at radius 1 is 1.05 bits per heavy atom. The van der Waals surface area contributed by atoms with Crippen molar-refractivity contribution < 1.29 is 17.9 Å². The summed E-state index contributed by atoms with van der Waals surface area (Å²) in [5.41, 5.74) is 5.24. The minimum absolute atomic E-state index is 0.0415. The Kier molecular flexibility index (Phi) is 8.17. The van der Waals surface area contributed by atoms with Crippen molar-refractivity contribution in [3.8, 4) is 5.75 Å². The van der Waals surface area contributed by atoms with Crippen LogP contribution in [-0.2, 0) is 16.4 Å². The maximum absolute atomic E-state index is 13.8. The third kappa shape index (κ3) is 6.28. The van der Waals surface area contributed by atoms with Crippen LogP contribution in [-0.4, -0.2) is 44.0 Å². The number of fused-ring (bicyclic) bond motifs is 1. The van der Waals surface area contributed by atoms with Gasteiger partial charge in [0.1, 0.15) is 11.4 Å². The Morgan fingerprint density at radius 3 is 2.44 bits per heavy atom. The maximum atomic E-state index is 13.8. The number of nitrogens with zero attached hydrogens (tertiary/aromatic N) is 1. The van der Waals surface area contributed by atoms with E-state index in [1.165, 1.54) is 11.1 Å². The van der Waals surface area contributed by atoms with Crippen LogP contribution in [0, 0.1) is 13.8 Å². The van der Waals surface area contributed by atoms with E-state index in [9.17, 15) is 13.2 Å². The summed E-state index contributed by atoms with van der Waals surface area (Å²) in [6.07, 6.45) is 3.17. The molecule has 5 rings (SSSR count). The van der Waals surface area contributed by atoms with Crippen molar-refractivity contribution in [3.05, 3.63) is 88.5 Å². The molecule has 0 aromatic heterocycles. The molecular weight excluding hydrogens is 534 g/mol. The van der Waals surface area contributed by atoms with Crippen LogP contribution in [0.5, 0.6) is 5.75 Å². The molecule has 2 heterocycles. The lowest BCUT2D eigenvalue weighted by Gasteiger charge is -2.38. The van der Waals surface area contributed by atoms with Crippen LogP contribution in [0.4, 0.5) is 5.69 Å². The van der Waals surface area contributed by atoms with Crippen molar-refractivity contribution in [2.24, 2.45) is 0 Å². The van der Waals surface area contributed by atoms with Crippen molar-refractivity contribution in [1.82, 2.24) is 9.62 Å².